The van der Waals surface area contributed by atoms with E-state index < -0.39 is 53.8 Å². The SMILES string of the molecule is CC(C)C(NC(=O)C(Cc1ccc(O)cc1)NC(=O)C(Cc1ccc(O)cc1)NC(=O)C(N)CS)C(=O)O. The molecule has 38 heavy (non-hydrogen) atoms. The molecule has 0 aliphatic heterocycles. The monoisotopic (exact) mass is 546 g/mol. The highest BCUT2D eigenvalue weighted by Crippen LogP contribution is 2.14. The van der Waals surface area contributed by atoms with E-state index in [1.807, 2.05) is 0 Å². The minimum Gasteiger partial charge on any atom is -0.508 e. The molecule has 0 fully saturated rings. The molecule has 0 spiro atoms. The molecule has 2 rings (SSSR count). The largest absolute Gasteiger partial charge is 0.508 e. The van der Waals surface area contributed by atoms with Crippen LogP contribution < -0.4 is 21.7 Å². The lowest BCUT2D eigenvalue weighted by Gasteiger charge is -2.26. The first-order chi connectivity index (χ1) is 17.9. The molecule has 0 aliphatic carbocycles. The number of carbonyl (C=O) groups excluding carboxylic acids is 3. The number of hydrogen-bond acceptors (Lipinski definition) is 8. The number of carbonyl (C=O) groups is 4. The van der Waals surface area contributed by atoms with Crippen LogP contribution in [-0.4, -0.2) is 68.9 Å². The van der Waals surface area contributed by atoms with Gasteiger partial charge in [0.1, 0.15) is 29.6 Å². The number of thiol groups is 1. The fourth-order valence-electron chi connectivity index (χ4n) is 3.56. The number of nitrogens with two attached hydrogens (primary N) is 1. The molecule has 2 aromatic rings. The summed E-state index contributed by atoms with van der Waals surface area (Å²) >= 11 is 4.02. The molecule has 11 nitrogen and oxygen atoms in total. The van der Waals surface area contributed by atoms with E-state index in [1.165, 1.54) is 24.3 Å². The summed E-state index contributed by atoms with van der Waals surface area (Å²) in [5.41, 5.74) is 6.97. The first-order valence-electron chi connectivity index (χ1n) is 12.0. The summed E-state index contributed by atoms with van der Waals surface area (Å²) in [6.07, 6.45) is 0.00670. The Morgan fingerprint density at radius 2 is 1.16 bits per heavy atom. The van der Waals surface area contributed by atoms with Crippen molar-refractivity contribution in [3.05, 3.63) is 59.7 Å². The summed E-state index contributed by atoms with van der Waals surface area (Å²) in [5.74, 6) is -3.61. The first kappa shape index (κ1) is 30.5. The average Bonchev–Trinajstić information content (AvgIpc) is 2.87. The number of phenolic OH excluding ortho intramolecular Hbond substituents is 2. The van der Waals surface area contributed by atoms with Gasteiger partial charge in [-0.3, -0.25) is 14.4 Å². The third-order valence-corrected chi connectivity index (χ3v) is 6.18. The fourth-order valence-corrected chi connectivity index (χ4v) is 3.72. The van der Waals surface area contributed by atoms with Gasteiger partial charge in [-0.05, 0) is 41.3 Å². The Kier molecular flexibility index (Phi) is 11.4. The molecule has 3 amide bonds. The van der Waals surface area contributed by atoms with Crippen LogP contribution in [-0.2, 0) is 32.0 Å². The fraction of sp³-hybridized carbons (Fsp3) is 0.385. The van der Waals surface area contributed by atoms with E-state index in [9.17, 15) is 34.5 Å². The van der Waals surface area contributed by atoms with Gasteiger partial charge in [0.25, 0.3) is 0 Å². The van der Waals surface area contributed by atoms with Gasteiger partial charge in [0, 0.05) is 18.6 Å². The highest BCUT2D eigenvalue weighted by atomic mass is 32.1. The van der Waals surface area contributed by atoms with Crippen LogP contribution in [0.5, 0.6) is 11.5 Å². The van der Waals surface area contributed by atoms with Gasteiger partial charge >= 0.3 is 5.97 Å². The van der Waals surface area contributed by atoms with Crippen LogP contribution in [0.3, 0.4) is 0 Å². The van der Waals surface area contributed by atoms with E-state index in [0.717, 1.165) is 0 Å². The molecule has 4 atom stereocenters. The van der Waals surface area contributed by atoms with Crippen molar-refractivity contribution in [2.24, 2.45) is 11.7 Å². The van der Waals surface area contributed by atoms with Crippen molar-refractivity contribution in [1.82, 2.24) is 16.0 Å². The van der Waals surface area contributed by atoms with Crippen molar-refractivity contribution in [3.63, 3.8) is 0 Å². The second kappa shape index (κ2) is 14.2. The van der Waals surface area contributed by atoms with Crippen molar-refractivity contribution in [3.8, 4) is 11.5 Å². The van der Waals surface area contributed by atoms with Gasteiger partial charge < -0.3 is 37.0 Å². The Morgan fingerprint density at radius 3 is 1.53 bits per heavy atom. The number of benzene rings is 2. The second-order valence-electron chi connectivity index (χ2n) is 9.22. The van der Waals surface area contributed by atoms with E-state index >= 15 is 0 Å². The van der Waals surface area contributed by atoms with Gasteiger partial charge in [0.2, 0.25) is 17.7 Å². The zero-order valence-corrected chi connectivity index (χ0v) is 22.0. The van der Waals surface area contributed by atoms with E-state index in [4.69, 9.17) is 5.73 Å². The van der Waals surface area contributed by atoms with Crippen LogP contribution in [0.2, 0.25) is 0 Å². The van der Waals surface area contributed by atoms with Crippen molar-refractivity contribution < 1.29 is 34.5 Å². The standard InChI is InChI=1S/C26H34N4O7S/c1-14(2)22(26(36)37)30-25(35)21(12-16-5-9-18(32)10-6-16)29-24(34)20(28-23(33)19(27)13-38)11-15-3-7-17(31)8-4-15/h3-10,14,19-22,31-32,38H,11-13,27H2,1-2H3,(H,28,33)(H,29,34)(H,30,35)(H,36,37). The Balaban J connectivity index is 2.33. The molecule has 0 radical (unpaired) electrons. The number of aliphatic carboxylic acids is 1. The number of carboxylic acid groups (broad SMARTS) is 1. The number of nitrogens with one attached hydrogen (secondary N) is 3. The lowest BCUT2D eigenvalue weighted by atomic mass is 10.0. The molecule has 206 valence electrons. The quantitative estimate of drug-likeness (QED) is 0.165. The predicted molar refractivity (Wildman–Crippen MR) is 144 cm³/mol. The lowest BCUT2D eigenvalue weighted by molar-refractivity contribution is -0.143. The molecule has 0 saturated heterocycles. The van der Waals surface area contributed by atoms with Gasteiger partial charge in [0.15, 0.2) is 0 Å². The maximum atomic E-state index is 13.4. The molecule has 0 saturated carbocycles. The minimum absolute atomic E-state index is 0.0155. The highest BCUT2D eigenvalue weighted by molar-refractivity contribution is 7.80. The van der Waals surface area contributed by atoms with Gasteiger partial charge in [-0.15, -0.1) is 0 Å². The lowest BCUT2D eigenvalue weighted by Crippen LogP contribution is -2.58. The predicted octanol–water partition coefficient (Wildman–Crippen LogP) is 0.335. The number of phenols is 2. The molecule has 0 heterocycles. The van der Waals surface area contributed by atoms with Crippen molar-refractivity contribution in [1.29, 1.82) is 0 Å². The molecule has 8 N–H and O–H groups in total. The van der Waals surface area contributed by atoms with Crippen LogP contribution in [0.4, 0.5) is 0 Å². The van der Waals surface area contributed by atoms with Gasteiger partial charge in [-0.25, -0.2) is 4.79 Å². The van der Waals surface area contributed by atoms with Crippen LogP contribution in [0.15, 0.2) is 48.5 Å². The van der Waals surface area contributed by atoms with Gasteiger partial charge in [-0.2, -0.15) is 12.6 Å². The zero-order valence-electron chi connectivity index (χ0n) is 21.1. The molecule has 0 aromatic heterocycles. The molecular formula is C26H34N4O7S. The number of carboxylic acids is 1. The van der Waals surface area contributed by atoms with Crippen molar-refractivity contribution in [2.45, 2.75) is 50.9 Å². The van der Waals surface area contributed by atoms with E-state index in [-0.39, 0.29) is 30.1 Å². The molecule has 4 unspecified atom stereocenters. The summed E-state index contributed by atoms with van der Waals surface area (Å²) in [4.78, 5) is 50.7. The first-order valence-corrected chi connectivity index (χ1v) is 12.6. The number of amides is 3. The maximum absolute atomic E-state index is 13.4. The summed E-state index contributed by atoms with van der Waals surface area (Å²) in [6, 6.07) is 7.51. The van der Waals surface area contributed by atoms with Crippen LogP contribution in [0.25, 0.3) is 0 Å². The number of hydrogen-bond donors (Lipinski definition) is 8. The molecular weight excluding hydrogens is 512 g/mol. The number of rotatable bonds is 13. The summed E-state index contributed by atoms with van der Waals surface area (Å²) in [5, 5.41) is 36.3. The number of aromatic hydroxyl groups is 2. The van der Waals surface area contributed by atoms with E-state index in [2.05, 4.69) is 28.6 Å². The highest BCUT2D eigenvalue weighted by Gasteiger charge is 2.31. The van der Waals surface area contributed by atoms with Crippen LogP contribution in [0.1, 0.15) is 25.0 Å². The normalized spacial score (nSPS) is 14.1. The van der Waals surface area contributed by atoms with Crippen LogP contribution >= 0.6 is 12.6 Å². The van der Waals surface area contributed by atoms with Gasteiger partial charge in [-0.1, -0.05) is 38.1 Å². The third kappa shape index (κ3) is 9.27. The Morgan fingerprint density at radius 1 is 0.763 bits per heavy atom. The summed E-state index contributed by atoms with van der Waals surface area (Å²) < 4.78 is 0. The summed E-state index contributed by atoms with van der Waals surface area (Å²) in [7, 11) is 0. The minimum atomic E-state index is -1.22. The molecule has 0 bridgehead atoms. The Bertz CT molecular complexity index is 1110. The van der Waals surface area contributed by atoms with Crippen molar-refractivity contribution >= 4 is 36.3 Å². The third-order valence-electron chi connectivity index (χ3n) is 5.78. The molecule has 0 aliphatic rings. The molecule has 12 heteroatoms. The smallest absolute Gasteiger partial charge is 0.326 e. The second-order valence-corrected chi connectivity index (χ2v) is 9.59. The Labute approximate surface area is 226 Å². The van der Waals surface area contributed by atoms with Gasteiger partial charge in [0.05, 0.1) is 6.04 Å². The molecule has 2 aromatic carbocycles. The average molecular weight is 547 g/mol. The maximum Gasteiger partial charge on any atom is 0.326 e. The summed E-state index contributed by atoms with van der Waals surface area (Å²) in [6.45, 7) is 3.28. The van der Waals surface area contributed by atoms with Crippen LogP contribution in [0, 0.1) is 5.92 Å². The topological polar surface area (TPSA) is 191 Å². The van der Waals surface area contributed by atoms with Crippen molar-refractivity contribution in [2.75, 3.05) is 5.75 Å². The zero-order chi connectivity index (χ0) is 28.4. The van der Waals surface area contributed by atoms with E-state index in [1.54, 1.807) is 38.1 Å². The van der Waals surface area contributed by atoms with E-state index in [0.29, 0.717) is 11.1 Å². The Hall–Kier alpha value is -3.77.